The molecule has 1 aromatic heterocycles. The third kappa shape index (κ3) is 1.68. The molecule has 0 unspecified atom stereocenters. The highest BCUT2D eigenvalue weighted by molar-refractivity contribution is 9.10. The van der Waals surface area contributed by atoms with Crippen LogP contribution in [0, 0.1) is 0 Å². The van der Waals surface area contributed by atoms with E-state index in [9.17, 15) is 0 Å². The minimum Gasteiger partial charge on any atom is -0.398 e. The van der Waals surface area contributed by atoms with E-state index < -0.39 is 0 Å². The van der Waals surface area contributed by atoms with E-state index in [4.69, 9.17) is 5.73 Å². The molecule has 17 heavy (non-hydrogen) atoms. The van der Waals surface area contributed by atoms with Crippen molar-refractivity contribution in [3.8, 4) is 5.69 Å². The summed E-state index contributed by atoms with van der Waals surface area (Å²) in [6, 6.07) is 13.4. The summed E-state index contributed by atoms with van der Waals surface area (Å²) < 4.78 is 0.789. The lowest BCUT2D eigenvalue weighted by Gasteiger charge is -1.96. The molecule has 2 N–H and O–H groups in total. The second kappa shape index (κ2) is 3.85. The third-order valence-corrected chi connectivity index (χ3v) is 3.34. The quantitative estimate of drug-likeness (QED) is 0.701. The van der Waals surface area contributed by atoms with Gasteiger partial charge in [0.25, 0.3) is 0 Å². The predicted molar refractivity (Wildman–Crippen MR) is 71.0 cm³/mol. The van der Waals surface area contributed by atoms with E-state index in [1.807, 2.05) is 42.5 Å². The zero-order chi connectivity index (χ0) is 11.8. The van der Waals surface area contributed by atoms with Gasteiger partial charge < -0.3 is 5.73 Å². The van der Waals surface area contributed by atoms with Crippen LogP contribution in [0.15, 0.2) is 46.9 Å². The van der Waals surface area contributed by atoms with Gasteiger partial charge in [0.15, 0.2) is 0 Å². The predicted octanol–water partition coefficient (Wildman–Crippen LogP) is 2.77. The van der Waals surface area contributed by atoms with Crippen molar-refractivity contribution in [2.75, 3.05) is 5.73 Å². The second-order valence-corrected chi connectivity index (χ2v) is 4.45. The van der Waals surface area contributed by atoms with Crippen molar-refractivity contribution in [2.45, 2.75) is 0 Å². The summed E-state index contributed by atoms with van der Waals surface area (Å²) >= 11 is 3.43. The minimum atomic E-state index is 0.664. The first-order valence-electron chi connectivity index (χ1n) is 5.12. The fraction of sp³-hybridized carbons (Fsp3) is 0. The molecule has 0 aliphatic carbocycles. The number of benzene rings is 2. The molecule has 0 radical (unpaired) electrons. The van der Waals surface area contributed by atoms with Gasteiger partial charge in [0.1, 0.15) is 11.0 Å². The third-order valence-electron chi connectivity index (χ3n) is 2.51. The van der Waals surface area contributed by atoms with Crippen LogP contribution in [0.1, 0.15) is 0 Å². The van der Waals surface area contributed by atoms with Gasteiger partial charge in [-0.05, 0) is 40.2 Å². The Bertz CT molecular complexity index is 676. The molecule has 1 heterocycles. The van der Waals surface area contributed by atoms with E-state index in [0.717, 1.165) is 21.2 Å². The number of para-hydroxylation sites is 1. The van der Waals surface area contributed by atoms with E-state index in [-0.39, 0.29) is 0 Å². The van der Waals surface area contributed by atoms with Crippen LogP contribution < -0.4 is 5.73 Å². The molecule has 0 spiro atoms. The Balaban J connectivity index is 2.24. The maximum Gasteiger partial charge on any atom is 0.129 e. The molecule has 84 valence electrons. The van der Waals surface area contributed by atoms with Crippen molar-refractivity contribution in [3.63, 3.8) is 0 Å². The van der Waals surface area contributed by atoms with Gasteiger partial charge in [-0.1, -0.05) is 18.2 Å². The molecule has 3 aromatic rings. The molecule has 3 rings (SSSR count). The smallest absolute Gasteiger partial charge is 0.129 e. The molecule has 4 nitrogen and oxygen atoms in total. The molecule has 0 fully saturated rings. The first kappa shape index (κ1) is 10.3. The Hall–Kier alpha value is -1.88. The van der Waals surface area contributed by atoms with Gasteiger partial charge in [-0.15, -0.1) is 10.2 Å². The molecular formula is C12H9BrN4. The number of hydrogen-bond donors (Lipinski definition) is 1. The lowest BCUT2D eigenvalue weighted by atomic mass is 10.3. The van der Waals surface area contributed by atoms with E-state index in [0.29, 0.717) is 5.69 Å². The van der Waals surface area contributed by atoms with Gasteiger partial charge in [-0.2, -0.15) is 4.80 Å². The molecule has 0 aliphatic heterocycles. The summed E-state index contributed by atoms with van der Waals surface area (Å²) in [5.74, 6) is 0. The number of anilines is 1. The summed E-state index contributed by atoms with van der Waals surface area (Å²) in [5, 5.41) is 8.83. The molecule has 0 saturated carbocycles. The van der Waals surface area contributed by atoms with Crippen LogP contribution in [0.2, 0.25) is 0 Å². The van der Waals surface area contributed by atoms with Crippen molar-refractivity contribution in [3.05, 3.63) is 46.9 Å². The van der Waals surface area contributed by atoms with Crippen LogP contribution in [0.5, 0.6) is 0 Å². The van der Waals surface area contributed by atoms with Crippen LogP contribution in [0.4, 0.5) is 5.69 Å². The van der Waals surface area contributed by atoms with E-state index in [1.54, 1.807) is 4.80 Å². The number of nitrogen functional groups attached to an aromatic ring is 1. The normalized spacial score (nSPS) is 10.9. The van der Waals surface area contributed by atoms with Crippen LogP contribution >= 0.6 is 15.9 Å². The van der Waals surface area contributed by atoms with Crippen molar-refractivity contribution in [1.29, 1.82) is 0 Å². The van der Waals surface area contributed by atoms with E-state index in [2.05, 4.69) is 26.1 Å². The largest absolute Gasteiger partial charge is 0.398 e. The van der Waals surface area contributed by atoms with Crippen molar-refractivity contribution in [1.82, 2.24) is 15.0 Å². The fourth-order valence-corrected chi connectivity index (χ4v) is 2.06. The van der Waals surface area contributed by atoms with Gasteiger partial charge in [-0.3, -0.25) is 0 Å². The molecule has 0 saturated heterocycles. The number of rotatable bonds is 1. The molecule has 0 bridgehead atoms. The SMILES string of the molecule is Nc1ccc2nn(-c3ccccc3)nc2c1Br. The van der Waals surface area contributed by atoms with Crippen LogP contribution in [-0.2, 0) is 0 Å². The van der Waals surface area contributed by atoms with Crippen molar-refractivity contribution < 1.29 is 0 Å². The van der Waals surface area contributed by atoms with Crippen LogP contribution in [0.25, 0.3) is 16.7 Å². The van der Waals surface area contributed by atoms with E-state index in [1.165, 1.54) is 0 Å². The molecule has 0 atom stereocenters. The number of halogens is 1. The maximum atomic E-state index is 5.81. The zero-order valence-electron chi connectivity index (χ0n) is 8.84. The van der Waals surface area contributed by atoms with Gasteiger partial charge in [0, 0.05) is 5.69 Å². The number of aromatic nitrogens is 3. The van der Waals surface area contributed by atoms with E-state index >= 15 is 0 Å². The molecule has 0 amide bonds. The first-order chi connectivity index (χ1) is 8.25. The van der Waals surface area contributed by atoms with Gasteiger partial charge in [0.2, 0.25) is 0 Å². The average Bonchev–Trinajstić information content (AvgIpc) is 2.80. The zero-order valence-corrected chi connectivity index (χ0v) is 10.4. The Kier molecular flexibility index (Phi) is 2.33. The Morgan fingerprint density at radius 2 is 1.76 bits per heavy atom. The van der Waals surface area contributed by atoms with Crippen molar-refractivity contribution >= 4 is 32.7 Å². The highest BCUT2D eigenvalue weighted by Crippen LogP contribution is 2.27. The number of fused-ring (bicyclic) bond motifs is 1. The highest BCUT2D eigenvalue weighted by Gasteiger charge is 2.09. The number of nitrogens with two attached hydrogens (primary N) is 1. The summed E-state index contributed by atoms with van der Waals surface area (Å²) in [5.41, 5.74) is 8.99. The molecule has 2 aromatic carbocycles. The summed E-state index contributed by atoms with van der Waals surface area (Å²) in [6.07, 6.45) is 0. The molecule has 5 heteroatoms. The van der Waals surface area contributed by atoms with Crippen LogP contribution in [0.3, 0.4) is 0 Å². The molecule has 0 aliphatic rings. The fourth-order valence-electron chi connectivity index (χ4n) is 1.64. The Labute approximate surface area is 106 Å². The lowest BCUT2D eigenvalue weighted by Crippen LogP contribution is -1.97. The van der Waals surface area contributed by atoms with Crippen molar-refractivity contribution in [2.24, 2.45) is 0 Å². The standard InChI is InChI=1S/C12H9BrN4/c13-11-9(14)6-7-10-12(11)16-17(15-10)8-4-2-1-3-5-8/h1-7H,14H2. The first-order valence-corrected chi connectivity index (χ1v) is 5.91. The number of hydrogen-bond acceptors (Lipinski definition) is 3. The Morgan fingerprint density at radius 1 is 1.00 bits per heavy atom. The lowest BCUT2D eigenvalue weighted by molar-refractivity contribution is 0.765. The van der Waals surface area contributed by atoms with Gasteiger partial charge >= 0.3 is 0 Å². The summed E-state index contributed by atoms with van der Waals surface area (Å²) in [7, 11) is 0. The Morgan fingerprint density at radius 3 is 2.53 bits per heavy atom. The summed E-state index contributed by atoms with van der Waals surface area (Å²) in [4.78, 5) is 1.61. The minimum absolute atomic E-state index is 0.664. The molecular weight excluding hydrogens is 280 g/mol. The second-order valence-electron chi connectivity index (χ2n) is 3.66. The van der Waals surface area contributed by atoms with Crippen LogP contribution in [-0.4, -0.2) is 15.0 Å². The van der Waals surface area contributed by atoms with Gasteiger partial charge in [-0.25, -0.2) is 0 Å². The summed E-state index contributed by atoms with van der Waals surface area (Å²) in [6.45, 7) is 0. The highest BCUT2D eigenvalue weighted by atomic mass is 79.9. The topological polar surface area (TPSA) is 56.7 Å². The maximum absolute atomic E-state index is 5.81. The van der Waals surface area contributed by atoms with Gasteiger partial charge in [0.05, 0.1) is 10.2 Å². The average molecular weight is 289 g/mol. The number of nitrogens with zero attached hydrogens (tertiary/aromatic N) is 3. The monoisotopic (exact) mass is 288 g/mol.